The molecule has 0 unspecified atom stereocenters. The van der Waals surface area contributed by atoms with Crippen LogP contribution in [0.5, 0.6) is 0 Å². The predicted molar refractivity (Wildman–Crippen MR) is 159 cm³/mol. The Kier molecular flexibility index (Phi) is 10.5. The van der Waals surface area contributed by atoms with Crippen LogP contribution in [0.4, 0.5) is 11.4 Å². The summed E-state index contributed by atoms with van der Waals surface area (Å²) in [6.07, 6.45) is 13.0. The quantitative estimate of drug-likeness (QED) is 0.142. The average Bonchev–Trinajstić information content (AvgIpc) is 3.24. The monoisotopic (exact) mass is 613 g/mol. The van der Waals surface area contributed by atoms with Gasteiger partial charge in [0.05, 0.1) is 10.3 Å². The maximum atomic E-state index is 11.6. The van der Waals surface area contributed by atoms with E-state index in [1.54, 1.807) is 23.1 Å². The number of hydrogen-bond acceptors (Lipinski definition) is 7. The van der Waals surface area contributed by atoms with E-state index in [1.165, 1.54) is 18.2 Å². The zero-order valence-electron chi connectivity index (χ0n) is 25.2. The molecule has 0 amide bonds. The molecule has 2 aliphatic heterocycles. The third-order valence-electron chi connectivity index (χ3n) is 7.72. The molecule has 0 fully saturated rings. The maximum Gasteiger partial charge on any atom is 1.00 e. The van der Waals surface area contributed by atoms with Crippen LogP contribution in [0.1, 0.15) is 44.4 Å². The van der Waals surface area contributed by atoms with E-state index in [4.69, 9.17) is 4.74 Å². The van der Waals surface area contributed by atoms with Crippen molar-refractivity contribution in [3.05, 3.63) is 101 Å². The van der Waals surface area contributed by atoms with E-state index >= 15 is 0 Å². The summed E-state index contributed by atoms with van der Waals surface area (Å²) in [6.45, 7) is 10.2. The Balaban J connectivity index is 0.00000506. The standard InChI is InChI=1S/C32H34N2O7S.Na/c1-22-13-15-27-24(17-22)31(2,3)29(34(27)20-41-21-35)12-10-8-6-7-9-11-28-32(4,5)25-18-23(42(38,39)40)14-16-26(25)33(28)19-30(36)37;/h6-18,21H,19-20H2,1-5H3,(H-,36,37,38,39,40);/q;+1. The zero-order valence-corrected chi connectivity index (χ0v) is 28.0. The summed E-state index contributed by atoms with van der Waals surface area (Å²) in [5.74, 6) is -1.05. The second-order valence-electron chi connectivity index (χ2n) is 11.3. The van der Waals surface area contributed by atoms with Crippen LogP contribution in [0.15, 0.2) is 89.5 Å². The second-order valence-corrected chi connectivity index (χ2v) is 12.6. The van der Waals surface area contributed by atoms with Crippen molar-refractivity contribution >= 4 is 39.6 Å². The first-order valence-corrected chi connectivity index (χ1v) is 14.7. The molecule has 0 bridgehead atoms. The summed E-state index contributed by atoms with van der Waals surface area (Å²) >= 11 is 0. The van der Waals surface area contributed by atoms with Gasteiger partial charge in [-0.25, -0.2) is 8.42 Å². The molecule has 1 N–H and O–H groups in total. The molecule has 0 atom stereocenters. The van der Waals surface area contributed by atoms with Crippen molar-refractivity contribution in [3.8, 4) is 0 Å². The van der Waals surface area contributed by atoms with E-state index in [2.05, 4.69) is 19.9 Å². The Labute approximate surface area is 274 Å². The molecule has 2 aromatic rings. The van der Waals surface area contributed by atoms with Gasteiger partial charge >= 0.3 is 35.5 Å². The van der Waals surface area contributed by atoms with Crippen LogP contribution in [0.2, 0.25) is 0 Å². The van der Waals surface area contributed by atoms with Crippen molar-refractivity contribution in [2.75, 3.05) is 18.2 Å². The van der Waals surface area contributed by atoms with Crippen molar-refractivity contribution in [2.24, 2.45) is 0 Å². The van der Waals surface area contributed by atoms with E-state index in [0.29, 0.717) is 23.4 Å². The topological polar surface area (TPSA) is 127 Å². The van der Waals surface area contributed by atoms with Crippen LogP contribution in [-0.2, 0) is 35.3 Å². The fraction of sp³-hybridized carbons (Fsp3) is 0.281. The minimum atomic E-state index is -4.66. The number of rotatable bonds is 10. The molecule has 0 aliphatic carbocycles. The number of aliphatic carboxylic acids is 1. The largest absolute Gasteiger partial charge is 1.00 e. The number of nitrogens with zero attached hydrogens (tertiary/aromatic N) is 2. The first-order chi connectivity index (χ1) is 19.7. The first kappa shape index (κ1) is 34.2. The summed E-state index contributed by atoms with van der Waals surface area (Å²) in [5, 5.41) is 9.52. The molecule has 2 heterocycles. The number of allylic oxidation sites excluding steroid dienone is 8. The number of carbonyl (C=O) groups excluding carboxylic acids is 1. The number of anilines is 1. The van der Waals surface area contributed by atoms with Crippen molar-refractivity contribution in [1.29, 1.82) is 0 Å². The van der Waals surface area contributed by atoms with Crippen molar-refractivity contribution in [1.82, 2.24) is 0 Å². The number of fused-ring (bicyclic) bond motifs is 2. The van der Waals surface area contributed by atoms with Crippen molar-refractivity contribution in [3.63, 3.8) is 0 Å². The fourth-order valence-corrected chi connectivity index (χ4v) is 6.13. The molecule has 2 aromatic carbocycles. The Morgan fingerprint density at radius 3 is 2.33 bits per heavy atom. The SMILES string of the molecule is Cc1ccc2c(c1)C(C)(C)C(/C=C/C=C/C=C/C=C1/N(CC(=O)O)c3ccc(S(=O)(=O)[O-])cc3C1(C)C)=[N+]2COC=O.[Na+]. The molecule has 2 aliphatic rings. The summed E-state index contributed by atoms with van der Waals surface area (Å²) in [4.78, 5) is 23.8. The Bertz CT molecular complexity index is 1700. The van der Waals surface area contributed by atoms with Crippen molar-refractivity contribution < 1.29 is 66.5 Å². The number of ether oxygens (including phenoxy) is 1. The van der Waals surface area contributed by atoms with Gasteiger partial charge in [-0.05, 0) is 56.7 Å². The van der Waals surface area contributed by atoms with E-state index in [1.807, 2.05) is 61.8 Å². The summed E-state index contributed by atoms with van der Waals surface area (Å²) in [5.41, 5.74) is 4.99. The first-order valence-electron chi connectivity index (χ1n) is 13.3. The van der Waals surface area contributed by atoms with Crippen LogP contribution in [0, 0.1) is 6.92 Å². The number of carbonyl (C=O) groups is 2. The summed E-state index contributed by atoms with van der Waals surface area (Å²) < 4.78 is 41.9. The molecule has 4 rings (SSSR count). The van der Waals surface area contributed by atoms with Gasteiger partial charge in [0.1, 0.15) is 16.7 Å². The smallest absolute Gasteiger partial charge is 0.744 e. The Morgan fingerprint density at radius 1 is 1.00 bits per heavy atom. The molecular weight excluding hydrogens is 579 g/mol. The van der Waals surface area contributed by atoms with Crippen LogP contribution in [0.25, 0.3) is 0 Å². The minimum Gasteiger partial charge on any atom is -0.744 e. The zero-order chi connectivity index (χ0) is 30.9. The molecule has 9 nitrogen and oxygen atoms in total. The van der Waals surface area contributed by atoms with Gasteiger partial charge in [-0.2, -0.15) is 4.58 Å². The predicted octanol–water partition coefficient (Wildman–Crippen LogP) is 1.84. The van der Waals surface area contributed by atoms with Gasteiger partial charge < -0.3 is 19.3 Å². The molecule has 0 saturated heterocycles. The van der Waals surface area contributed by atoms with Crippen LogP contribution in [-0.4, -0.2) is 54.1 Å². The van der Waals surface area contributed by atoms with E-state index in [-0.39, 0.29) is 53.1 Å². The van der Waals surface area contributed by atoms with Crippen LogP contribution < -0.4 is 34.5 Å². The van der Waals surface area contributed by atoms with Gasteiger partial charge in [-0.3, -0.25) is 9.59 Å². The minimum absolute atomic E-state index is 0. The van der Waals surface area contributed by atoms with Gasteiger partial charge in [-0.1, -0.05) is 55.9 Å². The maximum absolute atomic E-state index is 11.6. The molecule has 0 aromatic heterocycles. The molecular formula is C32H34N2NaO7S+. The van der Waals surface area contributed by atoms with Crippen molar-refractivity contribution in [2.45, 2.75) is 50.3 Å². The number of hydrogen-bond donors (Lipinski definition) is 1. The van der Waals surface area contributed by atoms with E-state index < -0.39 is 21.5 Å². The molecule has 43 heavy (non-hydrogen) atoms. The third kappa shape index (κ3) is 6.94. The number of benzene rings is 2. The average molecular weight is 614 g/mol. The normalized spacial score (nSPS) is 18.0. The van der Waals surface area contributed by atoms with E-state index in [0.717, 1.165) is 22.5 Å². The van der Waals surface area contributed by atoms with Gasteiger partial charge in [0.2, 0.25) is 5.69 Å². The number of aryl methyl sites for hydroxylation is 1. The third-order valence-corrected chi connectivity index (χ3v) is 8.55. The van der Waals surface area contributed by atoms with Gasteiger partial charge in [-0.15, -0.1) is 0 Å². The van der Waals surface area contributed by atoms with Crippen LogP contribution >= 0.6 is 0 Å². The Morgan fingerprint density at radius 2 is 1.67 bits per heavy atom. The number of carboxylic acid groups (broad SMARTS) is 1. The van der Waals surface area contributed by atoms with Gasteiger partial charge in [0.25, 0.3) is 13.2 Å². The fourth-order valence-electron chi connectivity index (χ4n) is 5.63. The Hall–Kier alpha value is -3.28. The summed E-state index contributed by atoms with van der Waals surface area (Å²) in [6, 6.07) is 10.2. The van der Waals surface area contributed by atoms with E-state index in [9.17, 15) is 27.7 Å². The molecule has 0 radical (unpaired) electrons. The molecule has 0 spiro atoms. The van der Waals surface area contributed by atoms with Gasteiger partial charge in [0, 0.05) is 34.5 Å². The van der Waals surface area contributed by atoms with Crippen LogP contribution in [0.3, 0.4) is 0 Å². The molecule has 220 valence electrons. The van der Waals surface area contributed by atoms with Gasteiger partial charge in [0.15, 0.2) is 5.71 Å². The second kappa shape index (κ2) is 13.2. The summed E-state index contributed by atoms with van der Waals surface area (Å²) in [7, 11) is -4.66. The molecule has 0 saturated carbocycles. The number of carboxylic acids is 1. The molecule has 11 heteroatoms.